The molecule has 3 heteroatoms. The lowest BCUT2D eigenvalue weighted by Crippen LogP contribution is -2.21. The molecule has 1 N–H and O–H groups in total. The van der Waals surface area contributed by atoms with Crippen molar-refractivity contribution in [2.45, 2.75) is 12.8 Å². The molecule has 16 heavy (non-hydrogen) atoms. The van der Waals surface area contributed by atoms with E-state index in [2.05, 4.69) is 22.5 Å². The van der Waals surface area contributed by atoms with Crippen molar-refractivity contribution in [2.75, 3.05) is 13.1 Å². The molecule has 0 aromatic rings. The summed E-state index contributed by atoms with van der Waals surface area (Å²) in [6.45, 7) is 2.03. The molecule has 0 spiro atoms. The second-order valence-electron chi connectivity index (χ2n) is 4.16. The maximum absolute atomic E-state index is 5.98. The van der Waals surface area contributed by atoms with Crippen LogP contribution in [0, 0.1) is 0 Å². The van der Waals surface area contributed by atoms with Crippen molar-refractivity contribution < 1.29 is 0 Å². The van der Waals surface area contributed by atoms with Gasteiger partial charge in [-0.05, 0) is 36.6 Å². The fraction of sp³-hybridized carbons (Fsp3) is 0.308. The van der Waals surface area contributed by atoms with Crippen LogP contribution >= 0.6 is 11.6 Å². The molecular weight excluding hydrogens is 220 g/mol. The van der Waals surface area contributed by atoms with Gasteiger partial charge >= 0.3 is 0 Å². The normalized spacial score (nSPS) is 23.9. The van der Waals surface area contributed by atoms with Crippen molar-refractivity contribution in [2.24, 2.45) is 4.99 Å². The van der Waals surface area contributed by atoms with Gasteiger partial charge in [0, 0.05) is 23.4 Å². The van der Waals surface area contributed by atoms with Crippen LogP contribution in [-0.4, -0.2) is 19.3 Å². The summed E-state index contributed by atoms with van der Waals surface area (Å²) in [6.07, 6.45) is 10.3. The quantitative estimate of drug-likeness (QED) is 0.739. The minimum Gasteiger partial charge on any atom is -0.313 e. The van der Waals surface area contributed by atoms with Crippen molar-refractivity contribution in [3.63, 3.8) is 0 Å². The maximum atomic E-state index is 5.98. The summed E-state index contributed by atoms with van der Waals surface area (Å²) in [5.41, 5.74) is 5.11. The molecule has 0 fully saturated rings. The van der Waals surface area contributed by atoms with Crippen LogP contribution in [-0.2, 0) is 0 Å². The number of hydrogen-bond acceptors (Lipinski definition) is 2. The number of fused-ring (bicyclic) bond motifs is 1. The monoisotopic (exact) mass is 232 g/mol. The molecule has 0 amide bonds. The van der Waals surface area contributed by atoms with Gasteiger partial charge in [0.25, 0.3) is 0 Å². The van der Waals surface area contributed by atoms with Gasteiger partial charge in [-0.2, -0.15) is 0 Å². The van der Waals surface area contributed by atoms with Gasteiger partial charge in [0.05, 0.1) is 5.70 Å². The highest BCUT2D eigenvalue weighted by atomic mass is 35.5. The summed E-state index contributed by atoms with van der Waals surface area (Å²) in [4.78, 5) is 4.44. The number of rotatable bonds is 1. The van der Waals surface area contributed by atoms with Crippen molar-refractivity contribution >= 4 is 17.8 Å². The first-order chi connectivity index (χ1) is 7.84. The van der Waals surface area contributed by atoms with Gasteiger partial charge in [-0.1, -0.05) is 23.8 Å². The third kappa shape index (κ3) is 1.68. The number of hydrogen-bond donors (Lipinski definition) is 1. The standard InChI is InChI=1S/C13H13ClN2/c14-10-1-2-11-12(8-16-13(11)7-10)9-3-5-15-6-4-9/h1,3,7-8,15H,2,4-6H2. The lowest BCUT2D eigenvalue weighted by Gasteiger charge is -2.16. The average molecular weight is 233 g/mol. The molecular formula is C13H13ClN2. The molecule has 0 aromatic carbocycles. The molecule has 2 nitrogen and oxygen atoms in total. The molecule has 0 saturated heterocycles. The van der Waals surface area contributed by atoms with Crippen LogP contribution in [0.25, 0.3) is 0 Å². The van der Waals surface area contributed by atoms with Crippen LogP contribution in [0.5, 0.6) is 0 Å². The zero-order valence-corrected chi connectivity index (χ0v) is 9.72. The summed E-state index contributed by atoms with van der Waals surface area (Å²) in [5, 5.41) is 4.13. The molecule has 2 aliphatic heterocycles. The second kappa shape index (κ2) is 4.04. The molecule has 0 unspecified atom stereocenters. The Morgan fingerprint density at radius 3 is 3.06 bits per heavy atom. The number of nitrogens with zero attached hydrogens (tertiary/aromatic N) is 1. The van der Waals surface area contributed by atoms with E-state index in [-0.39, 0.29) is 0 Å². The van der Waals surface area contributed by atoms with Crippen LogP contribution < -0.4 is 5.32 Å². The van der Waals surface area contributed by atoms with Crippen molar-refractivity contribution in [3.05, 3.63) is 45.7 Å². The first-order valence-electron chi connectivity index (χ1n) is 5.59. The smallest absolute Gasteiger partial charge is 0.0686 e. The molecule has 0 bridgehead atoms. The van der Waals surface area contributed by atoms with Gasteiger partial charge in [-0.3, -0.25) is 4.99 Å². The zero-order chi connectivity index (χ0) is 11.0. The largest absolute Gasteiger partial charge is 0.313 e. The van der Waals surface area contributed by atoms with Gasteiger partial charge in [-0.15, -0.1) is 0 Å². The van der Waals surface area contributed by atoms with Gasteiger partial charge in [0.1, 0.15) is 0 Å². The summed E-state index contributed by atoms with van der Waals surface area (Å²) in [6, 6.07) is 0. The second-order valence-corrected chi connectivity index (χ2v) is 4.59. The van der Waals surface area contributed by atoms with Gasteiger partial charge in [0.2, 0.25) is 0 Å². The molecule has 0 atom stereocenters. The third-order valence-corrected chi connectivity index (χ3v) is 3.42. The van der Waals surface area contributed by atoms with E-state index in [0.717, 1.165) is 36.7 Å². The lowest BCUT2D eigenvalue weighted by molar-refractivity contribution is 0.710. The average Bonchev–Trinajstić information content (AvgIpc) is 2.73. The van der Waals surface area contributed by atoms with E-state index in [4.69, 9.17) is 11.6 Å². The van der Waals surface area contributed by atoms with Crippen LogP contribution in [0.1, 0.15) is 12.8 Å². The van der Waals surface area contributed by atoms with E-state index in [0.29, 0.717) is 0 Å². The maximum Gasteiger partial charge on any atom is 0.0686 e. The summed E-state index contributed by atoms with van der Waals surface area (Å²) in [7, 11) is 0. The summed E-state index contributed by atoms with van der Waals surface area (Å²) < 4.78 is 0. The Bertz CT molecular complexity index is 478. The van der Waals surface area contributed by atoms with E-state index in [9.17, 15) is 0 Å². The fourth-order valence-corrected chi connectivity index (χ4v) is 2.48. The minimum atomic E-state index is 0.802. The van der Waals surface area contributed by atoms with Gasteiger partial charge in [0.15, 0.2) is 0 Å². The van der Waals surface area contributed by atoms with E-state index < -0.39 is 0 Å². The predicted octanol–water partition coefficient (Wildman–Crippen LogP) is 2.70. The topological polar surface area (TPSA) is 24.4 Å². The van der Waals surface area contributed by atoms with E-state index in [1.54, 1.807) is 0 Å². The van der Waals surface area contributed by atoms with Crippen LogP contribution in [0.3, 0.4) is 0 Å². The summed E-state index contributed by atoms with van der Waals surface area (Å²) >= 11 is 5.98. The minimum absolute atomic E-state index is 0.802. The first kappa shape index (κ1) is 10.1. The van der Waals surface area contributed by atoms with Gasteiger partial charge in [-0.25, -0.2) is 0 Å². The number of nitrogens with one attached hydrogen (secondary N) is 1. The van der Waals surface area contributed by atoms with Crippen molar-refractivity contribution in [3.8, 4) is 0 Å². The Morgan fingerprint density at radius 1 is 1.31 bits per heavy atom. The van der Waals surface area contributed by atoms with Gasteiger partial charge < -0.3 is 5.32 Å². The number of allylic oxidation sites excluding steroid dienone is 5. The highest BCUT2D eigenvalue weighted by molar-refractivity contribution is 6.31. The van der Waals surface area contributed by atoms with Crippen molar-refractivity contribution in [1.29, 1.82) is 0 Å². The Morgan fingerprint density at radius 2 is 2.25 bits per heavy atom. The summed E-state index contributed by atoms with van der Waals surface area (Å²) in [5.74, 6) is 0. The molecule has 3 aliphatic rings. The number of aliphatic imine (C=N–C) groups is 1. The van der Waals surface area contributed by atoms with E-state index in [1.165, 1.54) is 16.7 Å². The highest BCUT2D eigenvalue weighted by Gasteiger charge is 2.21. The Hall–Kier alpha value is -1.12. The van der Waals surface area contributed by atoms with Crippen LogP contribution in [0.2, 0.25) is 0 Å². The third-order valence-electron chi connectivity index (χ3n) is 3.15. The van der Waals surface area contributed by atoms with E-state index in [1.807, 2.05) is 12.3 Å². The fourth-order valence-electron chi connectivity index (χ4n) is 2.30. The Kier molecular flexibility index (Phi) is 2.54. The molecule has 0 aromatic heterocycles. The predicted molar refractivity (Wildman–Crippen MR) is 67.7 cm³/mol. The molecule has 82 valence electrons. The molecule has 3 rings (SSSR count). The SMILES string of the molecule is ClC1=CCC2=C(C3=CCNCC3)C=NC2=C1. The molecule has 1 aliphatic carbocycles. The molecule has 2 heterocycles. The lowest BCUT2D eigenvalue weighted by atomic mass is 9.93. The number of halogens is 1. The van der Waals surface area contributed by atoms with Crippen LogP contribution in [0.4, 0.5) is 0 Å². The van der Waals surface area contributed by atoms with Crippen LogP contribution in [0.15, 0.2) is 50.7 Å². The Labute approximate surface area is 100 Å². The van der Waals surface area contributed by atoms with Crippen molar-refractivity contribution in [1.82, 2.24) is 5.32 Å². The first-order valence-corrected chi connectivity index (χ1v) is 5.97. The Balaban J connectivity index is 1.98. The van der Waals surface area contributed by atoms with E-state index >= 15 is 0 Å². The zero-order valence-electron chi connectivity index (χ0n) is 8.96. The highest BCUT2D eigenvalue weighted by Crippen LogP contribution is 2.35. The molecule has 0 saturated carbocycles. The molecule has 0 radical (unpaired) electrons.